The molecule has 0 saturated carbocycles. The molecule has 0 bridgehead atoms. The molecule has 1 aromatic carbocycles. The van der Waals surface area contributed by atoms with Gasteiger partial charge in [-0.05, 0) is 18.6 Å². The summed E-state index contributed by atoms with van der Waals surface area (Å²) in [6, 6.07) is 4.67. The number of Topliss-reactive ketones (excluding diaryl/α,β-unsaturated/α-hetero) is 1. The van der Waals surface area contributed by atoms with Crippen molar-refractivity contribution in [2.24, 2.45) is 0 Å². The molecule has 2 rings (SSSR count). The number of benzene rings is 1. The molecule has 0 unspecified atom stereocenters. The van der Waals surface area contributed by atoms with E-state index in [4.69, 9.17) is 9.47 Å². The number of ketones is 1. The summed E-state index contributed by atoms with van der Waals surface area (Å²) in [6.07, 6.45) is 1.88. The van der Waals surface area contributed by atoms with Gasteiger partial charge in [-0.2, -0.15) is 0 Å². The lowest BCUT2D eigenvalue weighted by Crippen LogP contribution is -2.09. The highest BCUT2D eigenvalue weighted by molar-refractivity contribution is 7.91. The van der Waals surface area contributed by atoms with Crippen molar-refractivity contribution in [3.05, 3.63) is 18.2 Å². The molecule has 5 nitrogen and oxygen atoms in total. The van der Waals surface area contributed by atoms with E-state index >= 15 is 0 Å². The number of carbonyl (C=O) groups is 1. The Morgan fingerprint density at radius 2 is 1.90 bits per heavy atom. The lowest BCUT2D eigenvalue weighted by atomic mass is 10.2. The first-order valence-electron chi connectivity index (χ1n) is 7.17. The lowest BCUT2D eigenvalue weighted by Gasteiger charge is -2.10. The minimum Gasteiger partial charge on any atom is -0.490 e. The van der Waals surface area contributed by atoms with Gasteiger partial charge < -0.3 is 9.47 Å². The van der Waals surface area contributed by atoms with E-state index in [1.165, 1.54) is 12.1 Å². The maximum atomic E-state index is 12.3. The Balaban J connectivity index is 2.09. The van der Waals surface area contributed by atoms with E-state index in [9.17, 15) is 13.2 Å². The highest BCUT2D eigenvalue weighted by atomic mass is 32.2. The van der Waals surface area contributed by atoms with E-state index in [1.807, 2.05) is 0 Å². The van der Waals surface area contributed by atoms with Crippen LogP contribution in [0.15, 0.2) is 23.1 Å². The second-order valence-corrected chi connectivity index (χ2v) is 7.08. The third kappa shape index (κ3) is 4.20. The molecule has 21 heavy (non-hydrogen) atoms. The van der Waals surface area contributed by atoms with Gasteiger partial charge in [0.15, 0.2) is 21.3 Å². The Hall–Kier alpha value is -1.56. The van der Waals surface area contributed by atoms with Gasteiger partial charge in [0.1, 0.15) is 5.78 Å². The van der Waals surface area contributed by atoms with Gasteiger partial charge in [-0.1, -0.05) is 6.92 Å². The normalized spacial score (nSPS) is 14.5. The number of carbonyl (C=O) groups excluding carboxylic acids is 1. The molecular formula is C15H20O5S. The van der Waals surface area contributed by atoms with E-state index in [0.29, 0.717) is 44.0 Å². The van der Waals surface area contributed by atoms with Crippen molar-refractivity contribution in [2.45, 2.75) is 37.5 Å². The van der Waals surface area contributed by atoms with Crippen molar-refractivity contribution in [3.8, 4) is 11.5 Å². The van der Waals surface area contributed by atoms with Crippen LogP contribution in [-0.2, 0) is 14.6 Å². The van der Waals surface area contributed by atoms with Crippen LogP contribution in [-0.4, -0.2) is 33.2 Å². The monoisotopic (exact) mass is 312 g/mol. The van der Waals surface area contributed by atoms with E-state index in [-0.39, 0.29) is 16.4 Å². The Labute approximate surface area is 125 Å². The fraction of sp³-hybridized carbons (Fsp3) is 0.533. The predicted molar refractivity (Wildman–Crippen MR) is 78.6 cm³/mol. The van der Waals surface area contributed by atoms with Crippen LogP contribution < -0.4 is 9.47 Å². The van der Waals surface area contributed by atoms with Gasteiger partial charge in [0.2, 0.25) is 0 Å². The maximum Gasteiger partial charge on any atom is 0.178 e. The highest BCUT2D eigenvalue weighted by Gasteiger charge is 2.19. The third-order valence-corrected chi connectivity index (χ3v) is 5.14. The average Bonchev–Trinajstić information content (AvgIpc) is 2.71. The first-order chi connectivity index (χ1) is 10.0. The average molecular weight is 312 g/mol. The maximum absolute atomic E-state index is 12.3. The molecule has 0 amide bonds. The van der Waals surface area contributed by atoms with Gasteiger partial charge in [-0.3, -0.25) is 4.79 Å². The number of ether oxygens (including phenoxy) is 2. The summed E-state index contributed by atoms with van der Waals surface area (Å²) in [4.78, 5) is 11.5. The van der Waals surface area contributed by atoms with Crippen molar-refractivity contribution >= 4 is 15.6 Å². The van der Waals surface area contributed by atoms with Crippen LogP contribution in [0.3, 0.4) is 0 Å². The van der Waals surface area contributed by atoms with Crippen molar-refractivity contribution < 1.29 is 22.7 Å². The smallest absolute Gasteiger partial charge is 0.178 e. The zero-order valence-electron chi connectivity index (χ0n) is 12.1. The Bertz CT molecular complexity index is 606. The van der Waals surface area contributed by atoms with Crippen molar-refractivity contribution in [1.29, 1.82) is 0 Å². The first kappa shape index (κ1) is 15.8. The minimum atomic E-state index is -3.40. The Morgan fingerprint density at radius 3 is 2.62 bits per heavy atom. The van der Waals surface area contributed by atoms with Crippen molar-refractivity contribution in [1.82, 2.24) is 0 Å². The zero-order valence-corrected chi connectivity index (χ0v) is 12.9. The molecule has 0 spiro atoms. The molecule has 1 heterocycles. The molecule has 0 radical (unpaired) electrons. The van der Waals surface area contributed by atoms with Crippen LogP contribution in [0.2, 0.25) is 0 Å². The number of fused-ring (bicyclic) bond motifs is 1. The molecule has 1 aliphatic heterocycles. The molecule has 116 valence electrons. The standard InChI is InChI=1S/C15H20O5S/c1-2-12(16)5-3-10-21(17,18)13-6-7-14-15(11-13)20-9-4-8-19-14/h6-7,11H,2-5,8-10H2,1H3. The largest absolute Gasteiger partial charge is 0.490 e. The molecule has 0 aliphatic carbocycles. The summed E-state index contributed by atoms with van der Waals surface area (Å²) in [5.74, 6) is 1.10. The molecule has 1 aromatic rings. The van der Waals surface area contributed by atoms with Gasteiger partial charge in [0.05, 0.1) is 23.9 Å². The van der Waals surface area contributed by atoms with Gasteiger partial charge in [-0.15, -0.1) is 0 Å². The summed E-state index contributed by atoms with van der Waals surface area (Å²) in [6.45, 7) is 2.86. The van der Waals surface area contributed by atoms with Crippen LogP contribution in [0.4, 0.5) is 0 Å². The summed E-state index contributed by atoms with van der Waals surface area (Å²) < 4.78 is 35.5. The molecule has 0 aromatic heterocycles. The van der Waals surface area contributed by atoms with E-state index in [1.54, 1.807) is 13.0 Å². The fourth-order valence-corrected chi connectivity index (χ4v) is 3.41. The van der Waals surface area contributed by atoms with Gasteiger partial charge in [0.25, 0.3) is 0 Å². The van der Waals surface area contributed by atoms with Crippen LogP contribution in [0, 0.1) is 0 Å². The Morgan fingerprint density at radius 1 is 1.19 bits per heavy atom. The van der Waals surface area contributed by atoms with E-state index in [0.717, 1.165) is 6.42 Å². The number of hydrogen-bond acceptors (Lipinski definition) is 5. The van der Waals surface area contributed by atoms with Crippen LogP contribution >= 0.6 is 0 Å². The molecule has 0 fully saturated rings. The van der Waals surface area contributed by atoms with E-state index in [2.05, 4.69) is 0 Å². The molecular weight excluding hydrogens is 292 g/mol. The summed E-state index contributed by atoms with van der Waals surface area (Å²) in [7, 11) is -3.40. The Kier molecular flexibility index (Phi) is 5.22. The van der Waals surface area contributed by atoms with E-state index < -0.39 is 9.84 Å². The SMILES string of the molecule is CCC(=O)CCCS(=O)(=O)c1ccc2c(c1)OCCCO2. The lowest BCUT2D eigenvalue weighted by molar-refractivity contribution is -0.118. The molecule has 0 N–H and O–H groups in total. The number of hydrogen-bond donors (Lipinski definition) is 0. The number of rotatable bonds is 6. The predicted octanol–water partition coefficient (Wildman–Crippen LogP) is 2.38. The van der Waals surface area contributed by atoms with Crippen LogP contribution in [0.5, 0.6) is 11.5 Å². The van der Waals surface area contributed by atoms with Gasteiger partial charge in [-0.25, -0.2) is 8.42 Å². The molecule has 0 atom stereocenters. The minimum absolute atomic E-state index is 0.0294. The van der Waals surface area contributed by atoms with Crippen molar-refractivity contribution in [2.75, 3.05) is 19.0 Å². The fourth-order valence-electron chi connectivity index (χ4n) is 2.09. The highest BCUT2D eigenvalue weighted by Crippen LogP contribution is 2.32. The zero-order chi connectivity index (χ0) is 15.3. The third-order valence-electron chi connectivity index (χ3n) is 3.34. The van der Waals surface area contributed by atoms with Crippen molar-refractivity contribution in [3.63, 3.8) is 0 Å². The van der Waals surface area contributed by atoms with Gasteiger partial charge >= 0.3 is 0 Å². The summed E-state index contributed by atoms with van der Waals surface area (Å²) in [5.41, 5.74) is 0. The molecule has 6 heteroatoms. The quantitative estimate of drug-likeness (QED) is 0.806. The van der Waals surface area contributed by atoms with Crippen LogP contribution in [0.1, 0.15) is 32.6 Å². The number of sulfone groups is 1. The molecule has 0 saturated heterocycles. The van der Waals surface area contributed by atoms with Crippen LogP contribution in [0.25, 0.3) is 0 Å². The van der Waals surface area contributed by atoms with Gasteiger partial charge in [0, 0.05) is 25.3 Å². The molecule has 1 aliphatic rings. The first-order valence-corrected chi connectivity index (χ1v) is 8.82. The summed E-state index contributed by atoms with van der Waals surface area (Å²) in [5, 5.41) is 0. The second kappa shape index (κ2) is 6.93. The topological polar surface area (TPSA) is 69.7 Å². The summed E-state index contributed by atoms with van der Waals surface area (Å²) >= 11 is 0. The second-order valence-electron chi connectivity index (χ2n) is 4.97.